The minimum Gasteiger partial charge on any atom is -0.491 e. The fourth-order valence-electron chi connectivity index (χ4n) is 2.05. The van der Waals surface area contributed by atoms with Crippen molar-refractivity contribution in [3.05, 3.63) is 65.2 Å². The number of carboxylic acid groups (broad SMARTS) is 1. The molecule has 2 rings (SSSR count). The molecule has 5 heteroatoms. The Bertz CT molecular complexity index is 692. The topological polar surface area (TPSA) is 75.6 Å². The van der Waals surface area contributed by atoms with Gasteiger partial charge in [0.1, 0.15) is 5.75 Å². The zero-order valence-electron chi connectivity index (χ0n) is 13.8. The van der Waals surface area contributed by atoms with Crippen LogP contribution in [-0.2, 0) is 6.54 Å². The number of aromatic carboxylic acids is 1. The summed E-state index contributed by atoms with van der Waals surface area (Å²) in [6.45, 7) is 4.38. The summed E-state index contributed by atoms with van der Waals surface area (Å²) in [6.07, 6.45) is 1.06. The SMILES string of the molecule is CCC(C)Oc1ccc(C(=O)NCc2ccc(C(=O)O)cc2)cc1. The molecule has 0 aliphatic heterocycles. The molecule has 2 aromatic rings. The van der Waals surface area contributed by atoms with Gasteiger partial charge in [-0.05, 0) is 55.3 Å². The van der Waals surface area contributed by atoms with Crippen LogP contribution in [0.5, 0.6) is 5.75 Å². The van der Waals surface area contributed by atoms with Gasteiger partial charge in [-0.15, -0.1) is 0 Å². The zero-order chi connectivity index (χ0) is 17.5. The predicted molar refractivity (Wildman–Crippen MR) is 91.4 cm³/mol. The van der Waals surface area contributed by atoms with Gasteiger partial charge in [0.05, 0.1) is 11.7 Å². The average molecular weight is 327 g/mol. The van der Waals surface area contributed by atoms with Crippen LogP contribution in [0, 0.1) is 0 Å². The fourth-order valence-corrected chi connectivity index (χ4v) is 2.05. The molecule has 0 heterocycles. The molecule has 0 saturated carbocycles. The number of rotatable bonds is 7. The maximum absolute atomic E-state index is 12.1. The van der Waals surface area contributed by atoms with Crippen LogP contribution in [-0.4, -0.2) is 23.1 Å². The quantitative estimate of drug-likeness (QED) is 0.816. The molecule has 0 radical (unpaired) electrons. The minimum atomic E-state index is -0.967. The van der Waals surface area contributed by atoms with E-state index in [0.29, 0.717) is 12.1 Å². The summed E-state index contributed by atoms with van der Waals surface area (Å²) in [6, 6.07) is 13.4. The van der Waals surface area contributed by atoms with E-state index >= 15 is 0 Å². The molecular formula is C19H21NO4. The molecule has 2 N–H and O–H groups in total. The summed E-state index contributed by atoms with van der Waals surface area (Å²) < 4.78 is 5.68. The highest BCUT2D eigenvalue weighted by atomic mass is 16.5. The second-order valence-electron chi connectivity index (χ2n) is 5.55. The molecule has 0 aliphatic rings. The van der Waals surface area contributed by atoms with Gasteiger partial charge < -0.3 is 15.2 Å². The smallest absolute Gasteiger partial charge is 0.335 e. The van der Waals surface area contributed by atoms with E-state index in [4.69, 9.17) is 9.84 Å². The van der Waals surface area contributed by atoms with Gasteiger partial charge in [0.15, 0.2) is 0 Å². The summed E-state index contributed by atoms with van der Waals surface area (Å²) in [4.78, 5) is 22.9. The highest BCUT2D eigenvalue weighted by Gasteiger charge is 2.07. The monoisotopic (exact) mass is 327 g/mol. The summed E-state index contributed by atoms with van der Waals surface area (Å²) >= 11 is 0. The van der Waals surface area contributed by atoms with Crippen molar-refractivity contribution in [2.45, 2.75) is 32.9 Å². The van der Waals surface area contributed by atoms with Gasteiger partial charge in [0.25, 0.3) is 5.91 Å². The van der Waals surface area contributed by atoms with Gasteiger partial charge in [-0.1, -0.05) is 19.1 Å². The fraction of sp³-hybridized carbons (Fsp3) is 0.263. The lowest BCUT2D eigenvalue weighted by molar-refractivity contribution is 0.0696. The highest BCUT2D eigenvalue weighted by Crippen LogP contribution is 2.15. The predicted octanol–water partition coefficient (Wildman–Crippen LogP) is 3.49. The molecule has 126 valence electrons. The van der Waals surface area contributed by atoms with Crippen molar-refractivity contribution in [1.29, 1.82) is 0 Å². The molecule has 1 unspecified atom stereocenters. The number of benzene rings is 2. The first-order valence-corrected chi connectivity index (χ1v) is 7.86. The zero-order valence-corrected chi connectivity index (χ0v) is 13.8. The molecule has 0 fully saturated rings. The van der Waals surface area contributed by atoms with Crippen LogP contribution >= 0.6 is 0 Å². The standard InChI is InChI=1S/C19H21NO4/c1-3-13(2)24-17-10-8-15(9-11-17)18(21)20-12-14-4-6-16(7-5-14)19(22)23/h4-11,13H,3,12H2,1-2H3,(H,20,21)(H,22,23). The number of nitrogens with one attached hydrogen (secondary N) is 1. The van der Waals surface area contributed by atoms with Crippen LogP contribution in [0.3, 0.4) is 0 Å². The Labute approximate surface area is 141 Å². The van der Waals surface area contributed by atoms with Crippen LogP contribution in [0.1, 0.15) is 46.5 Å². The second-order valence-corrected chi connectivity index (χ2v) is 5.55. The Morgan fingerprint density at radius 3 is 2.17 bits per heavy atom. The van der Waals surface area contributed by atoms with Gasteiger partial charge in [-0.25, -0.2) is 4.79 Å². The van der Waals surface area contributed by atoms with E-state index in [1.54, 1.807) is 36.4 Å². The lowest BCUT2D eigenvalue weighted by atomic mass is 10.1. The third kappa shape index (κ3) is 4.84. The van der Waals surface area contributed by atoms with Crippen molar-refractivity contribution in [3.8, 4) is 5.75 Å². The van der Waals surface area contributed by atoms with Crippen LogP contribution < -0.4 is 10.1 Å². The molecule has 1 atom stereocenters. The number of ether oxygens (including phenoxy) is 1. The minimum absolute atomic E-state index is 0.137. The Morgan fingerprint density at radius 1 is 1.04 bits per heavy atom. The van der Waals surface area contributed by atoms with Crippen LogP contribution in [0.4, 0.5) is 0 Å². The Morgan fingerprint density at radius 2 is 1.62 bits per heavy atom. The van der Waals surface area contributed by atoms with E-state index in [2.05, 4.69) is 12.2 Å². The lowest BCUT2D eigenvalue weighted by Crippen LogP contribution is -2.22. The summed E-state index contributed by atoms with van der Waals surface area (Å²) in [5.41, 5.74) is 1.61. The lowest BCUT2D eigenvalue weighted by Gasteiger charge is -2.12. The number of hydrogen-bond acceptors (Lipinski definition) is 3. The molecular weight excluding hydrogens is 306 g/mol. The third-order valence-corrected chi connectivity index (χ3v) is 3.68. The third-order valence-electron chi connectivity index (χ3n) is 3.68. The van der Waals surface area contributed by atoms with Gasteiger partial charge in [0.2, 0.25) is 0 Å². The number of carbonyl (C=O) groups is 2. The number of hydrogen-bond donors (Lipinski definition) is 2. The Kier molecular flexibility index (Phi) is 5.95. The molecule has 0 saturated heterocycles. The van der Waals surface area contributed by atoms with Gasteiger partial charge >= 0.3 is 5.97 Å². The maximum atomic E-state index is 12.1. The molecule has 1 amide bonds. The Balaban J connectivity index is 1.91. The van der Waals surface area contributed by atoms with E-state index in [-0.39, 0.29) is 17.6 Å². The van der Waals surface area contributed by atoms with Crippen LogP contribution in [0.15, 0.2) is 48.5 Å². The first kappa shape index (κ1) is 17.5. The van der Waals surface area contributed by atoms with E-state index in [9.17, 15) is 9.59 Å². The van der Waals surface area contributed by atoms with E-state index in [1.165, 1.54) is 12.1 Å². The van der Waals surface area contributed by atoms with E-state index < -0.39 is 5.97 Å². The molecule has 2 aromatic carbocycles. The largest absolute Gasteiger partial charge is 0.491 e. The maximum Gasteiger partial charge on any atom is 0.335 e. The first-order chi connectivity index (χ1) is 11.5. The van der Waals surface area contributed by atoms with Crippen molar-refractivity contribution in [2.24, 2.45) is 0 Å². The number of carbonyl (C=O) groups excluding carboxylic acids is 1. The van der Waals surface area contributed by atoms with Crippen LogP contribution in [0.2, 0.25) is 0 Å². The van der Waals surface area contributed by atoms with Crippen molar-refractivity contribution in [1.82, 2.24) is 5.32 Å². The Hall–Kier alpha value is -2.82. The average Bonchev–Trinajstić information content (AvgIpc) is 2.60. The van der Waals surface area contributed by atoms with Gasteiger partial charge in [-0.2, -0.15) is 0 Å². The summed E-state index contributed by atoms with van der Waals surface area (Å²) in [5, 5.41) is 11.7. The van der Waals surface area contributed by atoms with Gasteiger partial charge in [0, 0.05) is 12.1 Å². The second kappa shape index (κ2) is 8.15. The molecule has 0 spiro atoms. The van der Waals surface area contributed by atoms with Crippen molar-refractivity contribution < 1.29 is 19.4 Å². The van der Waals surface area contributed by atoms with Crippen molar-refractivity contribution in [3.63, 3.8) is 0 Å². The molecule has 0 bridgehead atoms. The number of carboxylic acids is 1. The molecule has 0 aromatic heterocycles. The molecule has 0 aliphatic carbocycles. The molecule has 24 heavy (non-hydrogen) atoms. The van der Waals surface area contributed by atoms with E-state index in [1.807, 2.05) is 6.92 Å². The van der Waals surface area contributed by atoms with Gasteiger partial charge in [-0.3, -0.25) is 4.79 Å². The first-order valence-electron chi connectivity index (χ1n) is 7.86. The number of amides is 1. The van der Waals surface area contributed by atoms with Crippen molar-refractivity contribution >= 4 is 11.9 Å². The summed E-state index contributed by atoms with van der Waals surface area (Å²) in [5.74, 6) is -0.414. The highest BCUT2D eigenvalue weighted by molar-refractivity contribution is 5.94. The van der Waals surface area contributed by atoms with Crippen LogP contribution in [0.25, 0.3) is 0 Å². The molecule has 5 nitrogen and oxygen atoms in total. The van der Waals surface area contributed by atoms with E-state index in [0.717, 1.165) is 17.7 Å². The normalized spacial score (nSPS) is 11.6. The van der Waals surface area contributed by atoms with Crippen molar-refractivity contribution in [2.75, 3.05) is 0 Å². The summed E-state index contributed by atoms with van der Waals surface area (Å²) in [7, 11) is 0.